The van der Waals surface area contributed by atoms with Crippen LogP contribution in [0.15, 0.2) is 52.5 Å². The Morgan fingerprint density at radius 2 is 1.84 bits per heavy atom. The molecule has 1 unspecified atom stereocenters. The van der Waals surface area contributed by atoms with Gasteiger partial charge >= 0.3 is 0 Å². The minimum Gasteiger partial charge on any atom is -0.379 e. The van der Waals surface area contributed by atoms with E-state index in [9.17, 15) is 12.8 Å². The van der Waals surface area contributed by atoms with Crippen molar-refractivity contribution in [1.29, 1.82) is 0 Å². The van der Waals surface area contributed by atoms with Gasteiger partial charge in [0.15, 0.2) is 0 Å². The van der Waals surface area contributed by atoms with E-state index in [1.54, 1.807) is 24.3 Å². The van der Waals surface area contributed by atoms with Crippen molar-refractivity contribution in [3.05, 3.63) is 54.0 Å². The van der Waals surface area contributed by atoms with Gasteiger partial charge < -0.3 is 4.74 Å². The molecule has 0 amide bonds. The number of benzene rings is 1. The highest BCUT2D eigenvalue weighted by atomic mass is 32.2. The van der Waals surface area contributed by atoms with Gasteiger partial charge in [-0.1, -0.05) is 23.9 Å². The molecule has 2 aromatic rings. The summed E-state index contributed by atoms with van der Waals surface area (Å²) in [6, 6.07) is 9.62. The van der Waals surface area contributed by atoms with Crippen LogP contribution < -0.4 is 0 Å². The van der Waals surface area contributed by atoms with Crippen molar-refractivity contribution in [3.8, 4) is 0 Å². The number of thioether (sulfide) groups is 1. The standard InChI is InChI=1S/C17H19FN2O3S2/c1-13(14-2-4-15(18)5-3-14)24-17-7-6-16(12-19-17)25(21,22)20-8-10-23-11-9-20/h2-7,12-13H,8-11H2,1H3. The molecule has 2 heterocycles. The minimum absolute atomic E-state index is 0.0785. The summed E-state index contributed by atoms with van der Waals surface area (Å²) in [6.45, 7) is 3.55. The molecule has 5 nitrogen and oxygen atoms in total. The van der Waals surface area contributed by atoms with Crippen LogP contribution in [0.25, 0.3) is 0 Å². The lowest BCUT2D eigenvalue weighted by Gasteiger charge is -2.25. The summed E-state index contributed by atoms with van der Waals surface area (Å²) < 4.78 is 44.7. The number of nitrogens with zero attached hydrogens (tertiary/aromatic N) is 2. The second-order valence-corrected chi connectivity index (χ2v) is 8.96. The fourth-order valence-electron chi connectivity index (χ4n) is 2.51. The lowest BCUT2D eigenvalue weighted by atomic mass is 10.2. The van der Waals surface area contributed by atoms with Crippen LogP contribution in [0.2, 0.25) is 0 Å². The zero-order chi connectivity index (χ0) is 17.9. The zero-order valence-electron chi connectivity index (χ0n) is 13.8. The summed E-state index contributed by atoms with van der Waals surface area (Å²) in [5.41, 5.74) is 0.984. The molecule has 0 spiro atoms. The lowest BCUT2D eigenvalue weighted by molar-refractivity contribution is 0.0730. The summed E-state index contributed by atoms with van der Waals surface area (Å²) in [7, 11) is -3.52. The third-order valence-corrected chi connectivity index (χ3v) is 6.94. The van der Waals surface area contributed by atoms with Crippen LogP contribution in [-0.2, 0) is 14.8 Å². The van der Waals surface area contributed by atoms with E-state index >= 15 is 0 Å². The highest BCUT2D eigenvalue weighted by molar-refractivity contribution is 7.99. The number of rotatable bonds is 5. The van der Waals surface area contributed by atoms with E-state index < -0.39 is 10.0 Å². The number of pyridine rings is 1. The predicted octanol–water partition coefficient (Wildman–Crippen LogP) is 3.09. The Morgan fingerprint density at radius 1 is 1.16 bits per heavy atom. The van der Waals surface area contributed by atoms with Crippen LogP contribution in [0.1, 0.15) is 17.7 Å². The molecule has 1 saturated heterocycles. The number of ether oxygens (including phenoxy) is 1. The van der Waals surface area contributed by atoms with Crippen LogP contribution in [0.4, 0.5) is 4.39 Å². The van der Waals surface area contributed by atoms with Gasteiger partial charge in [0.2, 0.25) is 10.0 Å². The average Bonchev–Trinajstić information content (AvgIpc) is 2.63. The molecule has 1 aromatic carbocycles. The van der Waals surface area contributed by atoms with E-state index in [0.29, 0.717) is 26.3 Å². The van der Waals surface area contributed by atoms with Crippen LogP contribution in [0.3, 0.4) is 0 Å². The predicted molar refractivity (Wildman–Crippen MR) is 94.5 cm³/mol. The second kappa shape index (κ2) is 7.82. The van der Waals surface area contributed by atoms with Crippen molar-refractivity contribution in [2.75, 3.05) is 26.3 Å². The van der Waals surface area contributed by atoms with E-state index in [4.69, 9.17) is 4.74 Å². The van der Waals surface area contributed by atoms with E-state index in [0.717, 1.165) is 10.6 Å². The second-order valence-electron chi connectivity index (χ2n) is 5.66. The molecule has 134 valence electrons. The molecule has 3 rings (SSSR count). The van der Waals surface area contributed by atoms with Crippen molar-refractivity contribution in [2.45, 2.75) is 22.1 Å². The largest absolute Gasteiger partial charge is 0.379 e. The molecular formula is C17H19FN2O3S2. The topological polar surface area (TPSA) is 59.5 Å². The van der Waals surface area contributed by atoms with Crippen molar-refractivity contribution >= 4 is 21.8 Å². The summed E-state index contributed by atoms with van der Waals surface area (Å²) in [5.74, 6) is -0.267. The van der Waals surface area contributed by atoms with Crippen LogP contribution in [0.5, 0.6) is 0 Å². The first-order chi connectivity index (χ1) is 12.0. The number of morpholine rings is 1. The van der Waals surface area contributed by atoms with E-state index in [2.05, 4.69) is 4.98 Å². The number of sulfonamides is 1. The first-order valence-electron chi connectivity index (χ1n) is 7.93. The summed E-state index contributed by atoms with van der Waals surface area (Å²) in [6.07, 6.45) is 1.39. The number of halogens is 1. The Balaban J connectivity index is 1.70. The van der Waals surface area contributed by atoms with Crippen molar-refractivity contribution in [3.63, 3.8) is 0 Å². The average molecular weight is 382 g/mol. The van der Waals surface area contributed by atoms with E-state index in [1.165, 1.54) is 34.4 Å². The molecular weight excluding hydrogens is 363 g/mol. The Bertz CT molecular complexity index is 805. The van der Waals surface area contributed by atoms with Crippen molar-refractivity contribution < 1.29 is 17.5 Å². The SMILES string of the molecule is CC(Sc1ccc(S(=O)(=O)N2CCOCC2)cn1)c1ccc(F)cc1. The van der Waals surface area contributed by atoms with Gasteiger partial charge in [-0.15, -0.1) is 0 Å². The maximum atomic E-state index is 13.0. The maximum Gasteiger partial charge on any atom is 0.244 e. The first kappa shape index (κ1) is 18.3. The molecule has 8 heteroatoms. The Hall–Kier alpha value is -1.48. The van der Waals surface area contributed by atoms with Crippen LogP contribution >= 0.6 is 11.8 Å². The lowest BCUT2D eigenvalue weighted by Crippen LogP contribution is -2.40. The number of aromatic nitrogens is 1. The van der Waals surface area contributed by atoms with Gasteiger partial charge in [0.05, 0.1) is 18.2 Å². The molecule has 0 radical (unpaired) electrons. The summed E-state index contributed by atoms with van der Waals surface area (Å²) >= 11 is 1.50. The van der Waals surface area contributed by atoms with Gasteiger partial charge in [-0.25, -0.2) is 17.8 Å². The first-order valence-corrected chi connectivity index (χ1v) is 10.2. The fraction of sp³-hybridized carbons (Fsp3) is 0.353. The van der Waals surface area contributed by atoms with Gasteiger partial charge in [0.25, 0.3) is 0 Å². The third-order valence-electron chi connectivity index (χ3n) is 3.95. The van der Waals surface area contributed by atoms with Gasteiger partial charge in [-0.2, -0.15) is 4.31 Å². The molecule has 0 bridgehead atoms. The van der Waals surface area contributed by atoms with Crippen molar-refractivity contribution in [2.24, 2.45) is 0 Å². The molecule has 0 N–H and O–H groups in total. The normalized spacial score (nSPS) is 17.4. The molecule has 0 aliphatic carbocycles. The van der Waals surface area contributed by atoms with E-state index in [1.807, 2.05) is 6.92 Å². The molecule has 1 aliphatic heterocycles. The molecule has 1 aliphatic rings. The molecule has 1 fully saturated rings. The number of hydrogen-bond donors (Lipinski definition) is 0. The molecule has 25 heavy (non-hydrogen) atoms. The van der Waals surface area contributed by atoms with Gasteiger partial charge in [-0.3, -0.25) is 0 Å². The third kappa shape index (κ3) is 4.38. The summed E-state index contributed by atoms with van der Waals surface area (Å²) in [4.78, 5) is 4.46. The highest BCUT2D eigenvalue weighted by Gasteiger charge is 2.26. The Kier molecular flexibility index (Phi) is 5.73. The van der Waals surface area contributed by atoms with E-state index in [-0.39, 0.29) is 16.0 Å². The molecule has 1 aromatic heterocycles. The minimum atomic E-state index is -3.52. The quantitative estimate of drug-likeness (QED) is 0.744. The number of hydrogen-bond acceptors (Lipinski definition) is 5. The Morgan fingerprint density at radius 3 is 2.44 bits per heavy atom. The van der Waals surface area contributed by atoms with Crippen molar-refractivity contribution in [1.82, 2.24) is 9.29 Å². The fourth-order valence-corrected chi connectivity index (χ4v) is 4.78. The van der Waals surface area contributed by atoms with Crippen LogP contribution in [-0.4, -0.2) is 44.0 Å². The monoisotopic (exact) mass is 382 g/mol. The summed E-state index contributed by atoms with van der Waals surface area (Å²) in [5, 5.41) is 0.799. The van der Waals surface area contributed by atoms with Crippen LogP contribution in [0, 0.1) is 5.82 Å². The smallest absolute Gasteiger partial charge is 0.244 e. The Labute approximate surface area is 151 Å². The molecule has 1 atom stereocenters. The van der Waals surface area contributed by atoms with Gasteiger partial charge in [0, 0.05) is 24.5 Å². The highest BCUT2D eigenvalue weighted by Crippen LogP contribution is 2.34. The van der Waals surface area contributed by atoms with Gasteiger partial charge in [0.1, 0.15) is 10.7 Å². The maximum absolute atomic E-state index is 13.0. The zero-order valence-corrected chi connectivity index (χ0v) is 15.4. The van der Waals surface area contributed by atoms with Gasteiger partial charge in [-0.05, 0) is 36.8 Å². The molecule has 0 saturated carbocycles.